The van der Waals surface area contributed by atoms with Gasteiger partial charge in [0.25, 0.3) is 0 Å². The quantitative estimate of drug-likeness (QED) is 0.722. The van der Waals surface area contributed by atoms with E-state index in [1.807, 2.05) is 30.3 Å². The fraction of sp³-hybridized carbons (Fsp3) is 0.227. The van der Waals surface area contributed by atoms with Crippen LogP contribution in [0.3, 0.4) is 0 Å². The van der Waals surface area contributed by atoms with Crippen LogP contribution in [0.25, 0.3) is 11.1 Å². The molecule has 2 aliphatic rings. The van der Waals surface area contributed by atoms with E-state index in [1.165, 1.54) is 6.33 Å². The second-order valence-corrected chi connectivity index (χ2v) is 7.03. The number of aromatic nitrogens is 2. The Kier molecular flexibility index (Phi) is 4.48. The molecule has 0 bridgehead atoms. The molecule has 1 N–H and O–H groups in total. The van der Waals surface area contributed by atoms with Crippen molar-refractivity contribution < 1.29 is 19.0 Å². The molecule has 1 amide bonds. The van der Waals surface area contributed by atoms with Crippen molar-refractivity contribution in [2.24, 2.45) is 0 Å². The fourth-order valence-corrected chi connectivity index (χ4v) is 3.64. The third kappa shape index (κ3) is 3.59. The van der Waals surface area contributed by atoms with Crippen LogP contribution in [0.2, 0.25) is 0 Å². The Balaban J connectivity index is 1.20. The highest BCUT2D eigenvalue weighted by molar-refractivity contribution is 5.79. The van der Waals surface area contributed by atoms with E-state index in [2.05, 4.69) is 21.4 Å². The molecule has 146 valence electrons. The molecule has 2 aliphatic heterocycles. The molecular formula is C22H19N3O4. The number of para-hydroxylation sites is 1. The van der Waals surface area contributed by atoms with Gasteiger partial charge >= 0.3 is 0 Å². The average molecular weight is 389 g/mol. The first-order valence-corrected chi connectivity index (χ1v) is 9.45. The van der Waals surface area contributed by atoms with Gasteiger partial charge in [-0.25, -0.2) is 9.97 Å². The highest BCUT2D eigenvalue weighted by Crippen LogP contribution is 2.38. The Morgan fingerprint density at radius 1 is 1.10 bits per heavy atom. The number of hydrogen-bond donors (Lipinski definition) is 1. The number of hydrogen-bond acceptors (Lipinski definition) is 6. The zero-order chi connectivity index (χ0) is 19.6. The van der Waals surface area contributed by atoms with Gasteiger partial charge in [0, 0.05) is 29.9 Å². The van der Waals surface area contributed by atoms with Crippen molar-refractivity contribution in [1.82, 2.24) is 15.3 Å². The van der Waals surface area contributed by atoms with Crippen LogP contribution in [0, 0.1) is 0 Å². The van der Waals surface area contributed by atoms with Crippen LogP contribution in [0.15, 0.2) is 55.1 Å². The van der Waals surface area contributed by atoms with Crippen LogP contribution in [0.1, 0.15) is 11.1 Å². The molecule has 3 aromatic rings. The second-order valence-electron chi connectivity index (χ2n) is 7.03. The first-order chi connectivity index (χ1) is 14.3. The van der Waals surface area contributed by atoms with Gasteiger partial charge in [0.1, 0.15) is 18.2 Å². The zero-order valence-corrected chi connectivity index (χ0v) is 15.6. The number of ether oxygens (including phenoxy) is 3. The number of benzene rings is 2. The van der Waals surface area contributed by atoms with Crippen molar-refractivity contribution in [3.05, 3.63) is 66.2 Å². The van der Waals surface area contributed by atoms with Crippen molar-refractivity contribution in [2.45, 2.75) is 18.9 Å². The minimum Gasteiger partial charge on any atom is -0.487 e. The van der Waals surface area contributed by atoms with Gasteiger partial charge in [0.15, 0.2) is 11.5 Å². The molecule has 5 rings (SSSR count). The van der Waals surface area contributed by atoms with E-state index < -0.39 is 0 Å². The Hall–Kier alpha value is -3.61. The van der Waals surface area contributed by atoms with Gasteiger partial charge in [-0.15, -0.1) is 0 Å². The SMILES string of the molecule is O=C(Cc1ccc2c(c1)OCO2)NCC1Cc2cccc(-c3cncnc3)c2O1. The Morgan fingerprint density at radius 3 is 2.86 bits per heavy atom. The number of nitrogens with zero attached hydrogens (tertiary/aromatic N) is 2. The number of amides is 1. The summed E-state index contributed by atoms with van der Waals surface area (Å²) in [6, 6.07) is 11.6. The van der Waals surface area contributed by atoms with E-state index in [-0.39, 0.29) is 25.2 Å². The lowest BCUT2D eigenvalue weighted by Crippen LogP contribution is -2.35. The third-order valence-electron chi connectivity index (χ3n) is 5.03. The number of carbonyl (C=O) groups excluding carboxylic acids is 1. The van der Waals surface area contributed by atoms with Crippen LogP contribution < -0.4 is 19.5 Å². The van der Waals surface area contributed by atoms with E-state index in [4.69, 9.17) is 14.2 Å². The van der Waals surface area contributed by atoms with Gasteiger partial charge in [0.05, 0.1) is 13.0 Å². The highest BCUT2D eigenvalue weighted by Gasteiger charge is 2.26. The molecule has 0 saturated carbocycles. The fourth-order valence-electron chi connectivity index (χ4n) is 3.64. The van der Waals surface area contributed by atoms with Crippen molar-refractivity contribution in [2.75, 3.05) is 13.3 Å². The third-order valence-corrected chi connectivity index (χ3v) is 5.03. The normalized spacial score (nSPS) is 16.2. The van der Waals surface area contributed by atoms with Crippen molar-refractivity contribution in [3.63, 3.8) is 0 Å². The summed E-state index contributed by atoms with van der Waals surface area (Å²) >= 11 is 0. The molecule has 0 radical (unpaired) electrons. The molecule has 1 aromatic heterocycles. The van der Waals surface area contributed by atoms with Crippen LogP contribution in [0.4, 0.5) is 0 Å². The van der Waals surface area contributed by atoms with Gasteiger partial charge in [-0.2, -0.15) is 0 Å². The minimum absolute atomic E-state index is 0.0555. The lowest BCUT2D eigenvalue weighted by molar-refractivity contribution is -0.120. The number of fused-ring (bicyclic) bond motifs is 2. The summed E-state index contributed by atoms with van der Waals surface area (Å²) in [7, 11) is 0. The Labute approximate surface area is 167 Å². The van der Waals surface area contributed by atoms with Gasteiger partial charge in [-0.05, 0) is 23.3 Å². The monoisotopic (exact) mass is 389 g/mol. The molecule has 29 heavy (non-hydrogen) atoms. The maximum atomic E-state index is 12.4. The number of nitrogens with one attached hydrogen (secondary N) is 1. The molecule has 3 heterocycles. The van der Waals surface area contributed by atoms with Gasteiger partial charge in [-0.3, -0.25) is 4.79 Å². The van der Waals surface area contributed by atoms with Crippen LogP contribution in [-0.4, -0.2) is 35.3 Å². The van der Waals surface area contributed by atoms with Crippen LogP contribution in [0.5, 0.6) is 17.2 Å². The maximum absolute atomic E-state index is 12.4. The molecule has 1 unspecified atom stereocenters. The first-order valence-electron chi connectivity index (χ1n) is 9.45. The van der Waals surface area contributed by atoms with Crippen molar-refractivity contribution in [1.29, 1.82) is 0 Å². The van der Waals surface area contributed by atoms with Crippen LogP contribution >= 0.6 is 0 Å². The summed E-state index contributed by atoms with van der Waals surface area (Å²) in [6.45, 7) is 0.671. The molecule has 7 heteroatoms. The number of rotatable bonds is 5. The molecule has 0 aliphatic carbocycles. The lowest BCUT2D eigenvalue weighted by Gasteiger charge is -2.13. The first kappa shape index (κ1) is 17.5. The number of carbonyl (C=O) groups is 1. The molecule has 1 atom stereocenters. The van der Waals surface area contributed by atoms with E-state index in [9.17, 15) is 4.79 Å². The van der Waals surface area contributed by atoms with Crippen molar-refractivity contribution >= 4 is 5.91 Å². The molecule has 7 nitrogen and oxygen atoms in total. The van der Waals surface area contributed by atoms with Gasteiger partial charge in [-0.1, -0.05) is 24.3 Å². The zero-order valence-electron chi connectivity index (χ0n) is 15.6. The molecule has 0 saturated heterocycles. The minimum atomic E-state index is -0.100. The van der Waals surface area contributed by atoms with Gasteiger partial charge in [0.2, 0.25) is 12.7 Å². The van der Waals surface area contributed by atoms with Crippen molar-refractivity contribution in [3.8, 4) is 28.4 Å². The van der Waals surface area contributed by atoms with E-state index in [0.29, 0.717) is 18.0 Å². The Bertz CT molecular complexity index is 1060. The summed E-state index contributed by atoms with van der Waals surface area (Å²) < 4.78 is 16.8. The second kappa shape index (κ2) is 7.43. The van der Waals surface area contributed by atoms with E-state index in [0.717, 1.165) is 34.4 Å². The standard InChI is InChI=1S/C22H19N3O4/c26-21(7-14-4-5-19-20(6-14)28-13-27-19)25-11-17-8-15-2-1-3-18(22(15)29-17)16-9-23-12-24-10-16/h1-6,9-10,12,17H,7-8,11,13H2,(H,25,26). The highest BCUT2D eigenvalue weighted by atomic mass is 16.7. The maximum Gasteiger partial charge on any atom is 0.231 e. The van der Waals surface area contributed by atoms with Crippen LogP contribution in [-0.2, 0) is 17.6 Å². The summed E-state index contributed by atoms with van der Waals surface area (Å²) in [4.78, 5) is 20.5. The smallest absolute Gasteiger partial charge is 0.231 e. The van der Waals surface area contributed by atoms with E-state index >= 15 is 0 Å². The van der Waals surface area contributed by atoms with Gasteiger partial charge < -0.3 is 19.5 Å². The Morgan fingerprint density at radius 2 is 1.97 bits per heavy atom. The molecule has 2 aromatic carbocycles. The summed E-state index contributed by atoms with van der Waals surface area (Å²) in [5.74, 6) is 2.19. The summed E-state index contributed by atoms with van der Waals surface area (Å²) in [5.41, 5.74) is 3.89. The molecular weight excluding hydrogens is 370 g/mol. The molecule has 0 fully saturated rings. The largest absolute Gasteiger partial charge is 0.487 e. The molecule has 0 spiro atoms. The lowest BCUT2D eigenvalue weighted by atomic mass is 10.0. The predicted molar refractivity (Wildman–Crippen MR) is 105 cm³/mol. The summed E-state index contributed by atoms with van der Waals surface area (Å²) in [6.07, 6.45) is 5.98. The average Bonchev–Trinajstić information content (AvgIpc) is 3.38. The predicted octanol–water partition coefficient (Wildman–Crippen LogP) is 2.53. The van der Waals surface area contributed by atoms with E-state index in [1.54, 1.807) is 12.4 Å². The topological polar surface area (TPSA) is 82.6 Å². The summed E-state index contributed by atoms with van der Waals surface area (Å²) in [5, 5.41) is 2.97.